The Balaban J connectivity index is 2.02. The first kappa shape index (κ1) is 15.5. The number of aliphatic carboxylic acids is 1. The topological polar surface area (TPSA) is 62.0 Å². The van der Waals surface area contributed by atoms with Crippen molar-refractivity contribution in [2.75, 3.05) is 13.1 Å². The number of hydrogen-bond acceptors (Lipinski definition) is 2. The quantitative estimate of drug-likeness (QED) is 0.673. The molecule has 4 nitrogen and oxygen atoms in total. The number of likely N-dealkylation sites (tertiary alicyclic amines) is 1. The number of carbonyl (C=O) groups is 1. The Morgan fingerprint density at radius 2 is 1.85 bits per heavy atom. The summed E-state index contributed by atoms with van der Waals surface area (Å²) in [4.78, 5) is 12.4. The first-order valence-corrected chi connectivity index (χ1v) is 7.76. The van der Waals surface area contributed by atoms with Gasteiger partial charge in [-0.2, -0.15) is 0 Å². The zero-order chi connectivity index (χ0) is 14.9. The summed E-state index contributed by atoms with van der Waals surface area (Å²) in [6.45, 7) is 9.82. The highest BCUT2D eigenvalue weighted by molar-refractivity contribution is 5.69. The fourth-order valence-corrected chi connectivity index (χ4v) is 3.93. The molecule has 0 radical (unpaired) electrons. The number of carboxylic acids is 1. The fourth-order valence-electron chi connectivity index (χ4n) is 3.93. The Kier molecular flexibility index (Phi) is 4.55. The van der Waals surface area contributed by atoms with Gasteiger partial charge in [0.15, 0.2) is 0 Å². The van der Waals surface area contributed by atoms with Crippen LogP contribution >= 0.6 is 0 Å². The van der Waals surface area contributed by atoms with Crippen LogP contribution in [0, 0.1) is 11.8 Å². The number of rotatable bonds is 3. The first-order valence-electron chi connectivity index (χ1n) is 7.76. The highest BCUT2D eigenvalue weighted by Crippen LogP contribution is 2.34. The minimum Gasteiger partial charge on any atom is -0.481 e. The van der Waals surface area contributed by atoms with Crippen molar-refractivity contribution in [1.29, 1.82) is 0 Å². The lowest BCUT2D eigenvalue weighted by molar-refractivity contribution is -0.939. The van der Waals surface area contributed by atoms with Gasteiger partial charge in [-0.05, 0) is 32.6 Å². The molecule has 2 rings (SSSR count). The normalized spacial score (nSPS) is 42.1. The number of nitrogens with one attached hydrogen (secondary N) is 1. The van der Waals surface area contributed by atoms with Crippen LogP contribution in [-0.4, -0.2) is 40.9 Å². The van der Waals surface area contributed by atoms with Crippen LogP contribution < -0.4 is 4.90 Å². The molecule has 1 saturated heterocycles. The van der Waals surface area contributed by atoms with Gasteiger partial charge in [-0.15, -0.1) is 0 Å². The van der Waals surface area contributed by atoms with Gasteiger partial charge in [0.2, 0.25) is 0 Å². The third-order valence-electron chi connectivity index (χ3n) is 5.44. The third-order valence-corrected chi connectivity index (χ3v) is 5.44. The van der Waals surface area contributed by atoms with Crippen LogP contribution in [0.25, 0.3) is 0 Å². The number of carboxylic acid groups (broad SMARTS) is 1. The summed E-state index contributed by atoms with van der Waals surface area (Å²) in [6.07, 6.45) is 4.28. The molecule has 0 spiro atoms. The first-order chi connectivity index (χ1) is 9.31. The molecular weight excluding hydrogens is 254 g/mol. The molecule has 1 aliphatic heterocycles. The predicted octanol–water partition coefficient (Wildman–Crippen LogP) is 0.862. The van der Waals surface area contributed by atoms with E-state index in [4.69, 9.17) is 5.11 Å². The molecule has 4 heteroatoms. The fraction of sp³-hybridized carbons (Fsp3) is 0.812. The molecule has 1 heterocycles. The van der Waals surface area contributed by atoms with Crippen LogP contribution in [0.5, 0.6) is 0 Å². The summed E-state index contributed by atoms with van der Waals surface area (Å²) in [5.41, 5.74) is 0.586. The van der Waals surface area contributed by atoms with E-state index in [2.05, 4.69) is 13.5 Å². The molecule has 0 amide bonds. The second-order valence-corrected chi connectivity index (χ2v) is 7.00. The van der Waals surface area contributed by atoms with Crippen LogP contribution in [-0.2, 0) is 4.79 Å². The van der Waals surface area contributed by atoms with E-state index in [1.165, 1.54) is 10.5 Å². The lowest BCUT2D eigenvalue weighted by atomic mass is 9.72. The molecular formula is C16H28NO3+. The summed E-state index contributed by atoms with van der Waals surface area (Å²) in [7, 11) is 0. The van der Waals surface area contributed by atoms with E-state index in [0.29, 0.717) is 5.92 Å². The van der Waals surface area contributed by atoms with Crippen molar-refractivity contribution < 1.29 is 19.9 Å². The second kappa shape index (κ2) is 5.86. The van der Waals surface area contributed by atoms with Crippen LogP contribution in [0.4, 0.5) is 0 Å². The maximum absolute atomic E-state index is 11.0. The Hall–Kier alpha value is -0.870. The Morgan fingerprint density at radius 1 is 1.25 bits per heavy atom. The van der Waals surface area contributed by atoms with E-state index in [1.807, 2.05) is 6.92 Å². The van der Waals surface area contributed by atoms with Crippen LogP contribution in [0.3, 0.4) is 0 Å². The van der Waals surface area contributed by atoms with Gasteiger partial charge in [0.05, 0.1) is 19.0 Å². The van der Waals surface area contributed by atoms with E-state index < -0.39 is 11.6 Å². The van der Waals surface area contributed by atoms with Crippen LogP contribution in [0.1, 0.15) is 46.0 Å². The minimum atomic E-state index is -0.667. The summed E-state index contributed by atoms with van der Waals surface area (Å²) >= 11 is 0. The van der Waals surface area contributed by atoms with Gasteiger partial charge in [-0.1, -0.05) is 12.2 Å². The SMILES string of the molecule is C=C(C)[C@H]1CCC(C)(O)C([NH+]2CCC(C(=O)O)CC2)C1. The highest BCUT2D eigenvalue weighted by Gasteiger charge is 2.46. The smallest absolute Gasteiger partial charge is 0.306 e. The van der Waals surface area contributed by atoms with Gasteiger partial charge in [0, 0.05) is 19.3 Å². The van der Waals surface area contributed by atoms with Crippen LogP contribution in [0.15, 0.2) is 12.2 Å². The third kappa shape index (κ3) is 3.23. The number of allylic oxidation sites excluding steroid dienone is 1. The van der Waals surface area contributed by atoms with Gasteiger partial charge in [0.1, 0.15) is 11.6 Å². The van der Waals surface area contributed by atoms with Crippen molar-refractivity contribution in [3.05, 3.63) is 12.2 Å². The average molecular weight is 282 g/mol. The lowest BCUT2D eigenvalue weighted by Gasteiger charge is -2.45. The van der Waals surface area contributed by atoms with E-state index in [9.17, 15) is 9.90 Å². The number of quaternary nitrogens is 1. The summed E-state index contributed by atoms with van der Waals surface area (Å²) in [5.74, 6) is -0.353. The molecule has 2 unspecified atom stereocenters. The average Bonchev–Trinajstić information content (AvgIpc) is 2.38. The van der Waals surface area contributed by atoms with Gasteiger partial charge < -0.3 is 15.1 Å². The molecule has 20 heavy (non-hydrogen) atoms. The van der Waals surface area contributed by atoms with Gasteiger partial charge in [-0.3, -0.25) is 4.79 Å². The summed E-state index contributed by atoms with van der Waals surface area (Å²) in [6, 6.07) is 0.215. The molecule has 0 aromatic rings. The Bertz CT molecular complexity index is 383. The minimum absolute atomic E-state index is 0.191. The molecule has 114 valence electrons. The maximum Gasteiger partial charge on any atom is 0.306 e. The number of aliphatic hydroxyl groups is 1. The van der Waals surface area contributed by atoms with E-state index >= 15 is 0 Å². The van der Waals surface area contributed by atoms with Crippen molar-refractivity contribution in [1.82, 2.24) is 0 Å². The zero-order valence-electron chi connectivity index (χ0n) is 12.7. The Morgan fingerprint density at radius 3 is 2.35 bits per heavy atom. The largest absolute Gasteiger partial charge is 0.481 e. The van der Waals surface area contributed by atoms with E-state index in [1.54, 1.807) is 0 Å². The predicted molar refractivity (Wildman–Crippen MR) is 77.6 cm³/mol. The monoisotopic (exact) mass is 282 g/mol. The maximum atomic E-state index is 11.0. The highest BCUT2D eigenvalue weighted by atomic mass is 16.4. The van der Waals surface area contributed by atoms with Crippen molar-refractivity contribution in [3.63, 3.8) is 0 Å². The Labute approximate surface area is 121 Å². The molecule has 2 fully saturated rings. The molecule has 1 aliphatic carbocycles. The summed E-state index contributed by atoms with van der Waals surface area (Å²) < 4.78 is 0. The number of hydrogen-bond donors (Lipinski definition) is 3. The van der Waals surface area contributed by atoms with Gasteiger partial charge >= 0.3 is 5.97 Å². The van der Waals surface area contributed by atoms with Crippen molar-refractivity contribution in [2.24, 2.45) is 11.8 Å². The van der Waals surface area contributed by atoms with Crippen LogP contribution in [0.2, 0.25) is 0 Å². The molecule has 0 bridgehead atoms. The van der Waals surface area contributed by atoms with Crippen molar-refractivity contribution in [2.45, 2.75) is 57.6 Å². The zero-order valence-corrected chi connectivity index (χ0v) is 12.7. The molecule has 1 saturated carbocycles. The molecule has 0 aromatic heterocycles. The standard InChI is InChI=1S/C16H27NO3/c1-11(2)13-4-7-16(3,20)14(10-13)17-8-5-12(6-9-17)15(18)19/h12-14,20H,1,4-10H2,2-3H3,(H,18,19)/p+1/t13-,14?,16?/m0/s1. The lowest BCUT2D eigenvalue weighted by Crippen LogP contribution is -3.19. The van der Waals surface area contributed by atoms with E-state index in [-0.39, 0.29) is 12.0 Å². The van der Waals surface area contributed by atoms with Gasteiger partial charge in [0.25, 0.3) is 0 Å². The molecule has 3 N–H and O–H groups in total. The molecule has 3 atom stereocenters. The van der Waals surface area contributed by atoms with Crippen molar-refractivity contribution >= 4 is 5.97 Å². The van der Waals surface area contributed by atoms with Crippen molar-refractivity contribution in [3.8, 4) is 0 Å². The number of piperidine rings is 1. The van der Waals surface area contributed by atoms with Gasteiger partial charge in [-0.25, -0.2) is 0 Å². The second-order valence-electron chi connectivity index (χ2n) is 7.00. The summed E-state index contributed by atoms with van der Waals surface area (Å²) in [5, 5.41) is 19.8. The van der Waals surface area contributed by atoms with E-state index in [0.717, 1.165) is 45.2 Å². The molecule has 0 aromatic carbocycles. The molecule has 2 aliphatic rings.